The van der Waals surface area contributed by atoms with E-state index in [1.54, 1.807) is 11.8 Å². The summed E-state index contributed by atoms with van der Waals surface area (Å²) >= 11 is 1.73. The van der Waals surface area contributed by atoms with Gasteiger partial charge in [-0.15, -0.1) is 11.8 Å². The standard InChI is InChI=1S/C21H28N2O2S/c1-21(2,3)25-16-18-9-7-8-17(14-18)15-23-20(24)22-12-13-26-19-10-5-4-6-11-19/h4-11,14H,12-13,15-16H2,1-3H3,(H2,22,23,24). The highest BCUT2D eigenvalue weighted by Gasteiger charge is 2.10. The van der Waals surface area contributed by atoms with E-state index in [1.807, 2.05) is 57.2 Å². The zero-order valence-electron chi connectivity index (χ0n) is 15.7. The molecule has 0 radical (unpaired) electrons. The minimum atomic E-state index is -0.161. The molecule has 0 heterocycles. The van der Waals surface area contributed by atoms with Gasteiger partial charge in [0.2, 0.25) is 0 Å². The first kappa shape index (κ1) is 20.3. The molecular formula is C21H28N2O2S. The van der Waals surface area contributed by atoms with Crippen molar-refractivity contribution < 1.29 is 9.53 Å². The minimum Gasteiger partial charge on any atom is -0.371 e. The highest BCUT2D eigenvalue weighted by Crippen LogP contribution is 2.16. The van der Waals surface area contributed by atoms with Gasteiger partial charge in [-0.2, -0.15) is 0 Å². The summed E-state index contributed by atoms with van der Waals surface area (Å²) in [5.74, 6) is 0.844. The third-order valence-electron chi connectivity index (χ3n) is 3.52. The van der Waals surface area contributed by atoms with Crippen molar-refractivity contribution in [3.8, 4) is 0 Å². The summed E-state index contributed by atoms with van der Waals surface area (Å²) in [5, 5.41) is 5.78. The monoisotopic (exact) mass is 372 g/mol. The smallest absolute Gasteiger partial charge is 0.315 e. The number of nitrogens with one attached hydrogen (secondary N) is 2. The van der Waals surface area contributed by atoms with E-state index in [9.17, 15) is 4.79 Å². The van der Waals surface area contributed by atoms with Gasteiger partial charge in [0.05, 0.1) is 12.2 Å². The van der Waals surface area contributed by atoms with Gasteiger partial charge in [0.15, 0.2) is 0 Å². The van der Waals surface area contributed by atoms with Crippen molar-refractivity contribution in [1.29, 1.82) is 0 Å². The molecule has 26 heavy (non-hydrogen) atoms. The highest BCUT2D eigenvalue weighted by molar-refractivity contribution is 7.99. The Bertz CT molecular complexity index is 684. The molecule has 0 atom stereocenters. The molecule has 5 heteroatoms. The Morgan fingerprint density at radius 1 is 1.00 bits per heavy atom. The Morgan fingerprint density at radius 3 is 2.46 bits per heavy atom. The molecule has 2 aromatic carbocycles. The van der Waals surface area contributed by atoms with Crippen molar-refractivity contribution in [3.63, 3.8) is 0 Å². The SMILES string of the molecule is CC(C)(C)OCc1cccc(CNC(=O)NCCSc2ccccc2)c1. The average Bonchev–Trinajstić information content (AvgIpc) is 2.62. The van der Waals surface area contributed by atoms with Crippen LogP contribution in [0.1, 0.15) is 31.9 Å². The summed E-state index contributed by atoms with van der Waals surface area (Å²) in [6, 6.07) is 18.1. The number of urea groups is 1. The number of rotatable bonds is 8. The van der Waals surface area contributed by atoms with Crippen LogP contribution in [0.2, 0.25) is 0 Å². The maximum Gasteiger partial charge on any atom is 0.315 e. The first-order chi connectivity index (χ1) is 12.4. The average molecular weight is 373 g/mol. The van der Waals surface area contributed by atoms with Gasteiger partial charge in [0, 0.05) is 23.7 Å². The van der Waals surface area contributed by atoms with E-state index < -0.39 is 0 Å². The predicted octanol–water partition coefficient (Wildman–Crippen LogP) is 4.59. The lowest BCUT2D eigenvalue weighted by Crippen LogP contribution is -2.36. The van der Waals surface area contributed by atoms with Crippen LogP contribution in [-0.4, -0.2) is 23.9 Å². The van der Waals surface area contributed by atoms with Crippen LogP contribution in [0.5, 0.6) is 0 Å². The zero-order chi connectivity index (χ0) is 18.8. The van der Waals surface area contributed by atoms with E-state index in [0.29, 0.717) is 19.7 Å². The van der Waals surface area contributed by atoms with Gasteiger partial charge < -0.3 is 15.4 Å². The number of carbonyl (C=O) groups is 1. The third kappa shape index (κ3) is 8.41. The Morgan fingerprint density at radius 2 is 1.73 bits per heavy atom. The molecule has 0 fully saturated rings. The lowest BCUT2D eigenvalue weighted by molar-refractivity contribution is -0.0149. The molecule has 2 rings (SSSR count). The molecule has 0 aromatic heterocycles. The highest BCUT2D eigenvalue weighted by atomic mass is 32.2. The Balaban J connectivity index is 1.67. The first-order valence-corrected chi connectivity index (χ1v) is 9.82. The molecule has 0 aliphatic carbocycles. The number of amides is 2. The van der Waals surface area contributed by atoms with Crippen LogP contribution in [0.15, 0.2) is 59.5 Å². The Kier molecular flexibility index (Phi) is 8.01. The topological polar surface area (TPSA) is 50.4 Å². The summed E-state index contributed by atoms with van der Waals surface area (Å²) in [6.07, 6.45) is 0. The van der Waals surface area contributed by atoms with Crippen LogP contribution in [0.25, 0.3) is 0 Å². The van der Waals surface area contributed by atoms with Gasteiger partial charge in [-0.25, -0.2) is 4.79 Å². The largest absolute Gasteiger partial charge is 0.371 e. The molecule has 140 valence electrons. The molecule has 0 aliphatic heterocycles. The van der Waals surface area contributed by atoms with E-state index in [4.69, 9.17) is 4.74 Å². The van der Waals surface area contributed by atoms with E-state index in [1.165, 1.54) is 4.90 Å². The molecule has 2 amide bonds. The van der Waals surface area contributed by atoms with Gasteiger partial charge in [-0.05, 0) is 44.0 Å². The van der Waals surface area contributed by atoms with Crippen LogP contribution in [0.3, 0.4) is 0 Å². The fourth-order valence-electron chi connectivity index (χ4n) is 2.22. The number of hydrogen-bond acceptors (Lipinski definition) is 3. The lowest BCUT2D eigenvalue weighted by atomic mass is 10.1. The van der Waals surface area contributed by atoms with Crippen molar-refractivity contribution in [2.45, 2.75) is 44.4 Å². The number of carbonyl (C=O) groups excluding carboxylic acids is 1. The molecule has 2 aromatic rings. The fourth-order valence-corrected chi connectivity index (χ4v) is 3.01. The van der Waals surface area contributed by atoms with Gasteiger partial charge in [-0.3, -0.25) is 0 Å². The Labute approximate surface area is 160 Å². The normalized spacial score (nSPS) is 11.2. The third-order valence-corrected chi connectivity index (χ3v) is 4.53. The second-order valence-electron chi connectivity index (χ2n) is 6.99. The van der Waals surface area contributed by atoms with E-state index in [2.05, 4.69) is 28.8 Å². The number of thioether (sulfide) groups is 1. The van der Waals surface area contributed by atoms with Crippen LogP contribution >= 0.6 is 11.8 Å². The molecule has 0 saturated carbocycles. The second-order valence-corrected chi connectivity index (χ2v) is 8.16. The summed E-state index contributed by atoms with van der Waals surface area (Å²) in [7, 11) is 0. The molecule has 4 nitrogen and oxygen atoms in total. The maximum atomic E-state index is 11.9. The number of hydrogen-bond donors (Lipinski definition) is 2. The van der Waals surface area contributed by atoms with E-state index >= 15 is 0 Å². The van der Waals surface area contributed by atoms with Crippen LogP contribution in [0.4, 0.5) is 4.79 Å². The molecule has 0 aliphatic rings. The van der Waals surface area contributed by atoms with Crippen molar-refractivity contribution >= 4 is 17.8 Å². The lowest BCUT2D eigenvalue weighted by Gasteiger charge is -2.19. The molecule has 2 N–H and O–H groups in total. The molecule has 0 bridgehead atoms. The summed E-state index contributed by atoms with van der Waals surface area (Å²) in [5.41, 5.74) is 2.01. The first-order valence-electron chi connectivity index (χ1n) is 8.84. The number of benzene rings is 2. The van der Waals surface area contributed by atoms with Crippen molar-refractivity contribution in [2.24, 2.45) is 0 Å². The summed E-state index contributed by atoms with van der Waals surface area (Å²) in [4.78, 5) is 13.1. The van der Waals surface area contributed by atoms with E-state index in [-0.39, 0.29) is 11.6 Å². The van der Waals surface area contributed by atoms with Crippen molar-refractivity contribution in [3.05, 3.63) is 65.7 Å². The van der Waals surface area contributed by atoms with Crippen LogP contribution < -0.4 is 10.6 Å². The molecule has 0 saturated heterocycles. The maximum absolute atomic E-state index is 11.9. The quantitative estimate of drug-likeness (QED) is 0.526. The minimum absolute atomic E-state index is 0.144. The number of ether oxygens (including phenoxy) is 1. The zero-order valence-corrected chi connectivity index (χ0v) is 16.6. The molecule has 0 spiro atoms. The van der Waals surface area contributed by atoms with Gasteiger partial charge >= 0.3 is 6.03 Å². The predicted molar refractivity (Wildman–Crippen MR) is 108 cm³/mol. The van der Waals surface area contributed by atoms with Gasteiger partial charge in [0.25, 0.3) is 0 Å². The molecule has 0 unspecified atom stereocenters. The van der Waals surface area contributed by atoms with Crippen LogP contribution in [-0.2, 0) is 17.9 Å². The van der Waals surface area contributed by atoms with Gasteiger partial charge in [-0.1, -0.05) is 42.5 Å². The second kappa shape index (κ2) is 10.2. The van der Waals surface area contributed by atoms with Gasteiger partial charge in [0.1, 0.15) is 0 Å². The molecular weight excluding hydrogens is 344 g/mol. The summed E-state index contributed by atoms with van der Waals surface area (Å²) in [6.45, 7) is 7.82. The van der Waals surface area contributed by atoms with Crippen LogP contribution in [0, 0.1) is 0 Å². The van der Waals surface area contributed by atoms with E-state index in [0.717, 1.165) is 16.9 Å². The van der Waals surface area contributed by atoms with Crippen molar-refractivity contribution in [1.82, 2.24) is 10.6 Å². The Hall–Kier alpha value is -1.98. The fraction of sp³-hybridized carbons (Fsp3) is 0.381. The van der Waals surface area contributed by atoms with Crippen molar-refractivity contribution in [2.75, 3.05) is 12.3 Å². The summed E-state index contributed by atoms with van der Waals surface area (Å²) < 4.78 is 5.80.